The molecule has 3 aromatic rings. The largest absolute Gasteiger partial charge is 0.422 e. The Balaban J connectivity index is 1.68. The van der Waals surface area contributed by atoms with Crippen molar-refractivity contribution in [3.63, 3.8) is 0 Å². The van der Waals surface area contributed by atoms with Crippen LogP contribution < -0.4 is 4.74 Å². The Bertz CT molecular complexity index is 660. The van der Waals surface area contributed by atoms with Gasteiger partial charge in [0.25, 0.3) is 0 Å². The van der Waals surface area contributed by atoms with E-state index in [-0.39, 0.29) is 11.8 Å². The van der Waals surface area contributed by atoms with E-state index >= 15 is 0 Å². The molecule has 0 saturated heterocycles. The molecule has 0 aliphatic heterocycles. The van der Waals surface area contributed by atoms with Gasteiger partial charge in [-0.1, -0.05) is 40.0 Å². The van der Waals surface area contributed by atoms with Gasteiger partial charge in [-0.15, -0.1) is 0 Å². The SMILES string of the molecule is Cc1ccc(Oc2nnn(Cc3ccc(F)cc3)n2)cc1. The lowest BCUT2D eigenvalue weighted by molar-refractivity contribution is 0.436. The van der Waals surface area contributed by atoms with Crippen molar-refractivity contribution in [3.8, 4) is 11.8 Å². The zero-order valence-electron chi connectivity index (χ0n) is 11.4. The summed E-state index contributed by atoms with van der Waals surface area (Å²) in [5.74, 6) is 0.385. The molecular weight excluding hydrogens is 271 g/mol. The molecule has 0 spiro atoms. The minimum Gasteiger partial charge on any atom is -0.422 e. The number of hydrogen-bond donors (Lipinski definition) is 0. The minimum atomic E-state index is -0.270. The third-order valence-electron chi connectivity index (χ3n) is 2.90. The highest BCUT2D eigenvalue weighted by Gasteiger charge is 2.06. The van der Waals surface area contributed by atoms with E-state index < -0.39 is 0 Å². The maximum absolute atomic E-state index is 12.8. The molecule has 5 nitrogen and oxygen atoms in total. The Morgan fingerprint density at radius 1 is 1.05 bits per heavy atom. The van der Waals surface area contributed by atoms with Crippen LogP contribution in [0.5, 0.6) is 11.8 Å². The van der Waals surface area contributed by atoms with Gasteiger partial charge in [0.1, 0.15) is 11.6 Å². The van der Waals surface area contributed by atoms with Crippen LogP contribution in [0.3, 0.4) is 0 Å². The van der Waals surface area contributed by atoms with Crippen LogP contribution in [0.4, 0.5) is 4.39 Å². The van der Waals surface area contributed by atoms with Crippen molar-refractivity contribution >= 4 is 0 Å². The molecule has 0 aliphatic carbocycles. The molecular formula is C15H13FN4O. The fraction of sp³-hybridized carbons (Fsp3) is 0.133. The molecule has 0 saturated carbocycles. The minimum absolute atomic E-state index is 0.181. The zero-order valence-corrected chi connectivity index (χ0v) is 11.4. The summed E-state index contributed by atoms with van der Waals surface area (Å²) in [5.41, 5.74) is 2.03. The highest BCUT2D eigenvalue weighted by Crippen LogP contribution is 2.17. The van der Waals surface area contributed by atoms with E-state index in [1.807, 2.05) is 31.2 Å². The Hall–Kier alpha value is -2.76. The first-order valence-electron chi connectivity index (χ1n) is 6.46. The van der Waals surface area contributed by atoms with Crippen LogP contribution in [0.2, 0.25) is 0 Å². The normalized spacial score (nSPS) is 10.6. The summed E-state index contributed by atoms with van der Waals surface area (Å²) >= 11 is 0. The zero-order chi connectivity index (χ0) is 14.7. The molecule has 2 aromatic carbocycles. The fourth-order valence-electron chi connectivity index (χ4n) is 1.80. The van der Waals surface area contributed by atoms with Crippen LogP contribution in [-0.2, 0) is 6.54 Å². The van der Waals surface area contributed by atoms with Crippen LogP contribution in [0.15, 0.2) is 48.5 Å². The van der Waals surface area contributed by atoms with Crippen molar-refractivity contribution in [2.75, 3.05) is 0 Å². The van der Waals surface area contributed by atoms with E-state index in [4.69, 9.17) is 4.74 Å². The third-order valence-corrected chi connectivity index (χ3v) is 2.90. The number of tetrazole rings is 1. The number of ether oxygens (including phenoxy) is 1. The number of halogens is 1. The van der Waals surface area contributed by atoms with Crippen LogP contribution >= 0.6 is 0 Å². The predicted octanol–water partition coefficient (Wildman–Crippen LogP) is 2.96. The number of aryl methyl sites for hydroxylation is 1. The fourth-order valence-corrected chi connectivity index (χ4v) is 1.80. The van der Waals surface area contributed by atoms with E-state index in [1.165, 1.54) is 16.9 Å². The molecule has 0 N–H and O–H groups in total. The van der Waals surface area contributed by atoms with Gasteiger partial charge in [-0.05, 0) is 42.0 Å². The maximum Gasteiger partial charge on any atom is 0.361 e. The van der Waals surface area contributed by atoms with Crippen molar-refractivity contribution < 1.29 is 9.13 Å². The summed E-state index contributed by atoms with van der Waals surface area (Å²) in [6.45, 7) is 2.41. The number of aromatic nitrogens is 4. The lowest BCUT2D eigenvalue weighted by atomic mass is 10.2. The number of benzene rings is 2. The van der Waals surface area contributed by atoms with Gasteiger partial charge in [-0.25, -0.2) is 4.39 Å². The molecule has 21 heavy (non-hydrogen) atoms. The van der Waals surface area contributed by atoms with Gasteiger partial charge in [-0.2, -0.15) is 4.80 Å². The molecule has 0 radical (unpaired) electrons. The van der Waals surface area contributed by atoms with Crippen molar-refractivity contribution in [1.29, 1.82) is 0 Å². The molecule has 0 bridgehead atoms. The second kappa shape index (κ2) is 5.70. The molecule has 1 heterocycles. The summed E-state index contributed by atoms with van der Waals surface area (Å²) in [6, 6.07) is 13.9. The lowest BCUT2D eigenvalue weighted by Crippen LogP contribution is -2.04. The number of nitrogens with zero attached hydrogens (tertiary/aromatic N) is 4. The first kappa shape index (κ1) is 13.2. The van der Waals surface area contributed by atoms with Crippen molar-refractivity contribution in [3.05, 3.63) is 65.5 Å². The van der Waals surface area contributed by atoms with E-state index in [9.17, 15) is 4.39 Å². The second-order valence-electron chi connectivity index (χ2n) is 4.64. The van der Waals surface area contributed by atoms with Crippen LogP contribution in [0.1, 0.15) is 11.1 Å². The topological polar surface area (TPSA) is 52.8 Å². The van der Waals surface area contributed by atoms with Crippen LogP contribution in [0, 0.1) is 12.7 Å². The summed E-state index contributed by atoms with van der Waals surface area (Å²) in [6.07, 6.45) is 0. The quantitative estimate of drug-likeness (QED) is 0.739. The summed E-state index contributed by atoms with van der Waals surface area (Å²) in [4.78, 5) is 1.40. The monoisotopic (exact) mass is 284 g/mol. The van der Waals surface area contributed by atoms with Gasteiger partial charge in [0.05, 0.1) is 6.54 Å². The van der Waals surface area contributed by atoms with Crippen molar-refractivity contribution in [1.82, 2.24) is 20.2 Å². The molecule has 0 unspecified atom stereocenters. The summed E-state index contributed by atoms with van der Waals surface area (Å²) in [7, 11) is 0. The van der Waals surface area contributed by atoms with Gasteiger partial charge >= 0.3 is 6.01 Å². The van der Waals surface area contributed by atoms with Crippen LogP contribution in [-0.4, -0.2) is 20.2 Å². The average Bonchev–Trinajstić information content (AvgIpc) is 2.91. The smallest absolute Gasteiger partial charge is 0.361 e. The Morgan fingerprint density at radius 2 is 1.76 bits per heavy atom. The average molecular weight is 284 g/mol. The first-order chi connectivity index (χ1) is 10.2. The second-order valence-corrected chi connectivity index (χ2v) is 4.64. The molecule has 0 fully saturated rings. The van der Waals surface area contributed by atoms with E-state index in [2.05, 4.69) is 15.4 Å². The standard InChI is InChI=1S/C15H13FN4O/c1-11-2-8-14(9-3-11)21-15-17-19-20(18-15)10-12-4-6-13(16)7-5-12/h2-9H,10H2,1H3. The molecule has 0 aliphatic rings. The Labute approximate surface area is 121 Å². The predicted molar refractivity (Wildman–Crippen MR) is 74.6 cm³/mol. The third kappa shape index (κ3) is 3.42. The van der Waals surface area contributed by atoms with Gasteiger partial charge in [0, 0.05) is 0 Å². The first-order valence-corrected chi connectivity index (χ1v) is 6.46. The maximum atomic E-state index is 12.8. The molecule has 106 valence electrons. The molecule has 0 atom stereocenters. The van der Waals surface area contributed by atoms with Gasteiger partial charge in [0.15, 0.2) is 0 Å². The van der Waals surface area contributed by atoms with E-state index in [0.717, 1.165) is 11.1 Å². The van der Waals surface area contributed by atoms with E-state index in [0.29, 0.717) is 12.3 Å². The molecule has 1 aromatic heterocycles. The summed E-state index contributed by atoms with van der Waals surface area (Å²) in [5, 5.41) is 11.9. The van der Waals surface area contributed by atoms with Gasteiger partial charge in [0.2, 0.25) is 0 Å². The highest BCUT2D eigenvalue weighted by molar-refractivity contribution is 5.28. The molecule has 3 rings (SSSR count). The lowest BCUT2D eigenvalue weighted by Gasteiger charge is -2.00. The van der Waals surface area contributed by atoms with Gasteiger partial charge < -0.3 is 4.74 Å². The van der Waals surface area contributed by atoms with E-state index in [1.54, 1.807) is 12.1 Å². The molecule has 6 heteroatoms. The summed E-state index contributed by atoms with van der Waals surface area (Å²) < 4.78 is 18.3. The van der Waals surface area contributed by atoms with Crippen molar-refractivity contribution in [2.24, 2.45) is 0 Å². The molecule has 0 amide bonds. The van der Waals surface area contributed by atoms with Crippen molar-refractivity contribution in [2.45, 2.75) is 13.5 Å². The number of hydrogen-bond acceptors (Lipinski definition) is 4. The Morgan fingerprint density at radius 3 is 2.48 bits per heavy atom. The highest BCUT2D eigenvalue weighted by atomic mass is 19.1. The Kier molecular flexibility index (Phi) is 3.59. The van der Waals surface area contributed by atoms with Gasteiger partial charge in [-0.3, -0.25) is 0 Å². The number of rotatable bonds is 4. The van der Waals surface area contributed by atoms with Crippen LogP contribution in [0.25, 0.3) is 0 Å².